The number of nitrogens with zero attached hydrogens (tertiary/aromatic N) is 2. The monoisotopic (exact) mass is 1100 g/mol. The largest absolute Gasteiger partial charge is 0.309 e. The zero-order valence-corrected chi connectivity index (χ0v) is 47.7. The van der Waals surface area contributed by atoms with E-state index in [0.29, 0.717) is 0 Å². The van der Waals surface area contributed by atoms with Crippen LogP contribution in [0, 0.1) is 0 Å². The SMILES string of the molecule is C(=C\c1ccc2c(c1)c1ccccc1n2-c1cccc2ccccc12)/c1ccc(-c2ccc3c(c2)C(c2ccccc2)(c2ccccc2)c2cc(-c4ccc(/C=C/c5ccc6c(c5)c5ccccc5n6-c5cccc6ccccc56)cc4)ccc2-3)cc1. The van der Waals surface area contributed by atoms with E-state index in [4.69, 9.17) is 0 Å². The number of hydrogen-bond donors (Lipinski definition) is 0. The fourth-order valence-corrected chi connectivity index (χ4v) is 14.3. The third-order valence-corrected chi connectivity index (χ3v) is 18.4. The van der Waals surface area contributed by atoms with Crippen LogP contribution in [0.1, 0.15) is 44.5 Å². The van der Waals surface area contributed by atoms with E-state index in [2.05, 4.69) is 349 Å². The van der Waals surface area contributed by atoms with Gasteiger partial charge in [-0.15, -0.1) is 0 Å². The second-order valence-corrected chi connectivity index (χ2v) is 23.2. The molecule has 0 amide bonds. The van der Waals surface area contributed by atoms with Gasteiger partial charge in [-0.1, -0.05) is 279 Å². The zero-order chi connectivity index (χ0) is 57.4. The average molecular weight is 1110 g/mol. The average Bonchev–Trinajstić information content (AvgIpc) is 1.60. The lowest BCUT2D eigenvalue weighted by molar-refractivity contribution is 0.769. The summed E-state index contributed by atoms with van der Waals surface area (Å²) in [4.78, 5) is 0. The van der Waals surface area contributed by atoms with Crippen LogP contribution in [-0.4, -0.2) is 9.13 Å². The van der Waals surface area contributed by atoms with Crippen LogP contribution >= 0.6 is 0 Å². The predicted octanol–water partition coefficient (Wildman–Crippen LogP) is 22.2. The van der Waals surface area contributed by atoms with Gasteiger partial charge in [0.1, 0.15) is 0 Å². The normalized spacial score (nSPS) is 12.8. The molecule has 0 saturated carbocycles. The molecule has 2 nitrogen and oxygen atoms in total. The van der Waals surface area contributed by atoms with E-state index in [0.717, 1.165) is 11.1 Å². The van der Waals surface area contributed by atoms with Crippen LogP contribution in [0.4, 0.5) is 0 Å². The van der Waals surface area contributed by atoms with Crippen molar-refractivity contribution in [3.05, 3.63) is 360 Å². The van der Waals surface area contributed by atoms with Crippen LogP contribution in [0.2, 0.25) is 0 Å². The van der Waals surface area contributed by atoms with Crippen molar-refractivity contribution in [2.45, 2.75) is 5.41 Å². The molecule has 2 aromatic heterocycles. The van der Waals surface area contributed by atoms with Crippen LogP contribution in [0.25, 0.3) is 134 Å². The van der Waals surface area contributed by atoms with Gasteiger partial charge in [0.05, 0.1) is 38.9 Å². The highest BCUT2D eigenvalue weighted by Crippen LogP contribution is 2.57. The van der Waals surface area contributed by atoms with Gasteiger partial charge >= 0.3 is 0 Å². The summed E-state index contributed by atoms with van der Waals surface area (Å²) >= 11 is 0. The van der Waals surface area contributed by atoms with E-state index in [9.17, 15) is 0 Å². The predicted molar refractivity (Wildman–Crippen MR) is 369 cm³/mol. The lowest BCUT2D eigenvalue weighted by atomic mass is 9.67. The molecule has 0 unspecified atom stereocenters. The highest BCUT2D eigenvalue weighted by Gasteiger charge is 2.46. The van der Waals surface area contributed by atoms with E-state index in [1.807, 2.05) is 0 Å². The third-order valence-electron chi connectivity index (χ3n) is 18.4. The zero-order valence-electron chi connectivity index (χ0n) is 47.7. The summed E-state index contributed by atoms with van der Waals surface area (Å²) in [6.07, 6.45) is 8.96. The van der Waals surface area contributed by atoms with Crippen molar-refractivity contribution >= 4 is 89.5 Å². The molecule has 0 spiro atoms. The minimum atomic E-state index is -0.560. The van der Waals surface area contributed by atoms with Gasteiger partial charge in [-0.05, 0) is 149 Å². The van der Waals surface area contributed by atoms with Gasteiger partial charge in [-0.25, -0.2) is 0 Å². The van der Waals surface area contributed by atoms with E-state index in [-0.39, 0.29) is 0 Å². The Morgan fingerprint density at radius 1 is 0.230 bits per heavy atom. The molecule has 17 rings (SSSR count). The number of hydrogen-bond acceptors (Lipinski definition) is 0. The molecule has 0 saturated heterocycles. The highest BCUT2D eigenvalue weighted by atomic mass is 15.0. The third kappa shape index (κ3) is 8.25. The molecule has 0 N–H and O–H groups in total. The molecule has 2 heteroatoms. The van der Waals surface area contributed by atoms with Crippen molar-refractivity contribution in [1.29, 1.82) is 0 Å². The van der Waals surface area contributed by atoms with Crippen LogP contribution in [0.5, 0.6) is 0 Å². The molecule has 1 aliphatic rings. The minimum Gasteiger partial charge on any atom is -0.309 e. The van der Waals surface area contributed by atoms with Gasteiger partial charge in [-0.2, -0.15) is 0 Å². The van der Waals surface area contributed by atoms with Gasteiger partial charge in [0.15, 0.2) is 0 Å². The topological polar surface area (TPSA) is 9.86 Å². The van der Waals surface area contributed by atoms with Crippen LogP contribution < -0.4 is 0 Å². The Bertz CT molecular complexity index is 5070. The standard InChI is InChI=1S/C85H56N2/c1-3-21-67(22-4-1)85(68-23-5-2-6-24-68)77-55-65(61-43-37-57(38-44-61)33-35-59-41-51-83-75(53-59)73-27-11-13-29-81(73)86(83)79-31-15-19-63-17-7-9-25-69(63)79)47-49-71(77)72-50-48-66(56-78(72)85)62-45-39-58(40-46-62)34-36-60-42-52-84-76(54-60)74-28-12-14-30-82(74)87(84)80-32-16-20-64-18-8-10-26-70(64)80/h1-56H/b35-33+,36-34+. The van der Waals surface area contributed by atoms with E-state index < -0.39 is 5.41 Å². The van der Waals surface area contributed by atoms with E-state index >= 15 is 0 Å². The first kappa shape index (κ1) is 50.2. The Kier molecular flexibility index (Phi) is 11.8. The number of rotatable bonds is 10. The van der Waals surface area contributed by atoms with Crippen molar-refractivity contribution in [2.24, 2.45) is 0 Å². The number of aromatic nitrogens is 2. The summed E-state index contributed by atoms with van der Waals surface area (Å²) in [6.45, 7) is 0. The Morgan fingerprint density at radius 2 is 0.575 bits per heavy atom. The van der Waals surface area contributed by atoms with Crippen LogP contribution in [0.3, 0.4) is 0 Å². The minimum absolute atomic E-state index is 0.560. The molecule has 0 atom stereocenters. The van der Waals surface area contributed by atoms with Crippen LogP contribution in [0.15, 0.2) is 315 Å². The first-order valence-electron chi connectivity index (χ1n) is 30.1. The maximum Gasteiger partial charge on any atom is 0.0713 e. The Labute approximate surface area is 505 Å². The molecule has 87 heavy (non-hydrogen) atoms. The highest BCUT2D eigenvalue weighted by molar-refractivity contribution is 6.13. The maximum absolute atomic E-state index is 2.46. The Balaban J connectivity index is 0.680. The smallest absolute Gasteiger partial charge is 0.0713 e. The van der Waals surface area contributed by atoms with Gasteiger partial charge in [0.2, 0.25) is 0 Å². The molecule has 16 aromatic rings. The molecule has 0 fully saturated rings. The number of fused-ring (bicyclic) bond motifs is 11. The van der Waals surface area contributed by atoms with Crippen LogP contribution in [-0.2, 0) is 5.41 Å². The molecule has 2 heterocycles. The second-order valence-electron chi connectivity index (χ2n) is 23.2. The Hall–Kier alpha value is -11.3. The van der Waals surface area contributed by atoms with E-state index in [1.165, 1.54) is 143 Å². The first-order chi connectivity index (χ1) is 43.1. The lowest BCUT2D eigenvalue weighted by Gasteiger charge is -2.34. The first-order valence-corrected chi connectivity index (χ1v) is 30.1. The summed E-state index contributed by atoms with van der Waals surface area (Å²) in [5.74, 6) is 0. The summed E-state index contributed by atoms with van der Waals surface area (Å²) in [5.41, 5.74) is 23.7. The second kappa shape index (κ2) is 20.5. The van der Waals surface area contributed by atoms with Crippen molar-refractivity contribution in [3.8, 4) is 44.8 Å². The summed E-state index contributed by atoms with van der Waals surface area (Å²) < 4.78 is 4.85. The van der Waals surface area contributed by atoms with E-state index in [1.54, 1.807) is 0 Å². The fourth-order valence-electron chi connectivity index (χ4n) is 14.3. The molecule has 0 radical (unpaired) electrons. The van der Waals surface area contributed by atoms with Crippen molar-refractivity contribution in [1.82, 2.24) is 9.13 Å². The molecule has 1 aliphatic carbocycles. The quantitative estimate of drug-likeness (QED) is 0.121. The van der Waals surface area contributed by atoms with Crippen molar-refractivity contribution in [3.63, 3.8) is 0 Å². The van der Waals surface area contributed by atoms with Crippen molar-refractivity contribution in [2.75, 3.05) is 0 Å². The molecule has 0 bridgehead atoms. The van der Waals surface area contributed by atoms with Gasteiger partial charge in [-0.3, -0.25) is 0 Å². The van der Waals surface area contributed by atoms with Gasteiger partial charge < -0.3 is 9.13 Å². The molecular formula is C85H56N2. The number of para-hydroxylation sites is 2. The molecule has 0 aliphatic heterocycles. The summed E-state index contributed by atoms with van der Waals surface area (Å²) in [7, 11) is 0. The molecule has 406 valence electrons. The number of benzene rings is 14. The maximum atomic E-state index is 2.46. The fraction of sp³-hybridized carbons (Fsp3) is 0.0118. The summed E-state index contributed by atoms with van der Waals surface area (Å²) in [6, 6.07) is 116. The van der Waals surface area contributed by atoms with Crippen molar-refractivity contribution < 1.29 is 0 Å². The Morgan fingerprint density at radius 3 is 1.02 bits per heavy atom. The molecular weight excluding hydrogens is 1050 g/mol. The van der Waals surface area contributed by atoms with Gasteiger partial charge in [0, 0.05) is 32.3 Å². The lowest BCUT2D eigenvalue weighted by Crippen LogP contribution is -2.28. The molecule has 14 aromatic carbocycles. The summed E-state index contributed by atoms with van der Waals surface area (Å²) in [5, 5.41) is 9.96. The van der Waals surface area contributed by atoms with Gasteiger partial charge in [0.25, 0.3) is 0 Å².